The average Bonchev–Trinajstić information content (AvgIpc) is 3.18. The van der Waals surface area contributed by atoms with Crippen LogP contribution in [0.25, 0.3) is 11.2 Å². The first-order valence-corrected chi connectivity index (χ1v) is 9.71. The normalized spacial score (nSPS) is 30.9. The Kier molecular flexibility index (Phi) is 4.40. The molecule has 8 nitrogen and oxygen atoms in total. The summed E-state index contributed by atoms with van der Waals surface area (Å²) >= 11 is 7.80. The van der Waals surface area contributed by atoms with Gasteiger partial charge in [-0.1, -0.05) is 35.5 Å². The third kappa shape index (κ3) is 3.02. The second-order valence-corrected chi connectivity index (χ2v) is 8.21. The molecule has 0 aromatic carbocycles. The Morgan fingerprint density at radius 3 is 2.84 bits per heavy atom. The van der Waals surface area contributed by atoms with E-state index in [2.05, 4.69) is 27.2 Å². The van der Waals surface area contributed by atoms with Gasteiger partial charge in [0.2, 0.25) is 0 Å². The van der Waals surface area contributed by atoms with Crippen molar-refractivity contribution in [1.82, 2.24) is 25.0 Å². The molecule has 136 valence electrons. The predicted octanol–water partition coefficient (Wildman–Crippen LogP) is 2.20. The fourth-order valence-electron chi connectivity index (χ4n) is 3.43. The molecule has 10 heteroatoms. The second-order valence-electron chi connectivity index (χ2n) is 6.79. The van der Waals surface area contributed by atoms with Crippen molar-refractivity contribution in [2.24, 2.45) is 0 Å². The third-order valence-corrected chi connectivity index (χ3v) is 5.73. The van der Waals surface area contributed by atoms with E-state index in [-0.39, 0.29) is 23.4 Å². The molecule has 1 saturated heterocycles. The van der Waals surface area contributed by atoms with Crippen molar-refractivity contribution < 1.29 is 14.6 Å². The van der Waals surface area contributed by atoms with E-state index in [1.165, 1.54) is 0 Å². The number of thioether (sulfide) groups is 1. The van der Waals surface area contributed by atoms with Gasteiger partial charge in [-0.3, -0.25) is 0 Å². The van der Waals surface area contributed by atoms with Crippen LogP contribution >= 0.6 is 23.4 Å². The van der Waals surface area contributed by atoms with Crippen LogP contribution in [0.3, 0.4) is 0 Å². The molecule has 1 N–H and O–H groups in total. The average molecular weight is 386 g/mol. The number of aliphatic hydroxyl groups excluding tert-OH is 1. The zero-order chi connectivity index (χ0) is 17.8. The van der Waals surface area contributed by atoms with Gasteiger partial charge in [-0.2, -0.15) is 0 Å². The number of hydrogen-bond acceptors (Lipinski definition) is 8. The van der Waals surface area contributed by atoms with Crippen molar-refractivity contribution >= 4 is 34.5 Å². The zero-order valence-corrected chi connectivity index (χ0v) is 15.8. The Bertz CT molecular complexity index is 801. The van der Waals surface area contributed by atoms with Gasteiger partial charge in [-0.25, -0.2) is 14.6 Å². The number of fused-ring (bicyclic) bond motifs is 2. The molecule has 4 rings (SSSR count). The lowest BCUT2D eigenvalue weighted by molar-refractivity contribution is -0.165. The van der Waals surface area contributed by atoms with Gasteiger partial charge < -0.3 is 14.6 Å². The summed E-state index contributed by atoms with van der Waals surface area (Å²) in [6.45, 7) is 5.78. The molecule has 0 radical (unpaired) electrons. The summed E-state index contributed by atoms with van der Waals surface area (Å²) in [5.74, 6) is 0.168. The number of aliphatic hydroxyl groups is 1. The molecule has 2 fully saturated rings. The molecule has 1 saturated carbocycles. The van der Waals surface area contributed by atoms with Crippen LogP contribution in [0.4, 0.5) is 0 Å². The molecule has 4 atom stereocenters. The van der Waals surface area contributed by atoms with E-state index in [4.69, 9.17) is 21.1 Å². The van der Waals surface area contributed by atoms with Crippen LogP contribution < -0.4 is 0 Å². The van der Waals surface area contributed by atoms with Crippen LogP contribution in [0.1, 0.15) is 39.7 Å². The number of nitrogens with zero attached hydrogens (tertiary/aromatic N) is 5. The van der Waals surface area contributed by atoms with E-state index < -0.39 is 11.9 Å². The van der Waals surface area contributed by atoms with Gasteiger partial charge in [0.05, 0.1) is 12.1 Å². The van der Waals surface area contributed by atoms with Crippen LogP contribution in [-0.2, 0) is 9.47 Å². The lowest BCUT2D eigenvalue weighted by atomic mass is 10.2. The summed E-state index contributed by atoms with van der Waals surface area (Å²) in [4.78, 5) is 8.86. The van der Waals surface area contributed by atoms with Gasteiger partial charge in [0.15, 0.2) is 27.3 Å². The summed E-state index contributed by atoms with van der Waals surface area (Å²) in [6.07, 6.45) is 0.159. The Labute approximate surface area is 154 Å². The molecular formula is C15H20ClN5O3S. The van der Waals surface area contributed by atoms with Gasteiger partial charge >= 0.3 is 0 Å². The molecule has 0 bridgehead atoms. The number of aromatic nitrogens is 5. The van der Waals surface area contributed by atoms with E-state index >= 15 is 0 Å². The molecule has 1 aliphatic heterocycles. The highest BCUT2D eigenvalue weighted by molar-refractivity contribution is 7.99. The van der Waals surface area contributed by atoms with Crippen molar-refractivity contribution in [3.63, 3.8) is 0 Å². The summed E-state index contributed by atoms with van der Waals surface area (Å²) in [5.41, 5.74) is 1.02. The quantitative estimate of drug-likeness (QED) is 0.486. The SMILES string of the molecule is CCCSc1nc(Cl)c2nnn([C@@H]3C[C@H](O)C4OC(C)(C)OC43)c2n1. The molecule has 2 unspecified atom stereocenters. The minimum absolute atomic E-state index is 0.221. The maximum Gasteiger partial charge on any atom is 0.191 e. The lowest BCUT2D eigenvalue weighted by Gasteiger charge is -2.22. The molecule has 25 heavy (non-hydrogen) atoms. The predicted molar refractivity (Wildman–Crippen MR) is 92.6 cm³/mol. The van der Waals surface area contributed by atoms with Crippen molar-refractivity contribution in [2.75, 3.05) is 5.75 Å². The van der Waals surface area contributed by atoms with Crippen LogP contribution in [-0.4, -0.2) is 59.9 Å². The lowest BCUT2D eigenvalue weighted by Crippen LogP contribution is -2.29. The van der Waals surface area contributed by atoms with Crippen molar-refractivity contribution in [3.05, 3.63) is 5.15 Å². The van der Waals surface area contributed by atoms with Gasteiger partial charge in [0.1, 0.15) is 12.2 Å². The number of halogens is 1. The zero-order valence-electron chi connectivity index (χ0n) is 14.2. The largest absolute Gasteiger partial charge is 0.390 e. The summed E-state index contributed by atoms with van der Waals surface area (Å²) in [6, 6.07) is -0.221. The first kappa shape index (κ1) is 17.4. The fraction of sp³-hybridized carbons (Fsp3) is 0.733. The van der Waals surface area contributed by atoms with E-state index in [1.54, 1.807) is 16.4 Å². The highest BCUT2D eigenvalue weighted by atomic mass is 35.5. The number of hydrogen-bond donors (Lipinski definition) is 1. The third-order valence-electron chi connectivity index (χ3n) is 4.42. The monoisotopic (exact) mass is 385 g/mol. The molecule has 2 aliphatic rings. The van der Waals surface area contributed by atoms with Gasteiger partial charge in [-0.05, 0) is 20.3 Å². The second kappa shape index (κ2) is 6.31. The van der Waals surface area contributed by atoms with Crippen LogP contribution in [0, 0.1) is 0 Å². The highest BCUT2D eigenvalue weighted by Gasteiger charge is 2.55. The Morgan fingerprint density at radius 2 is 2.08 bits per heavy atom. The first-order chi connectivity index (χ1) is 11.9. The van der Waals surface area contributed by atoms with Gasteiger partial charge in [-0.15, -0.1) is 5.10 Å². The van der Waals surface area contributed by atoms with Crippen LogP contribution in [0.15, 0.2) is 5.16 Å². The van der Waals surface area contributed by atoms with Crippen LogP contribution in [0.5, 0.6) is 0 Å². The summed E-state index contributed by atoms with van der Waals surface area (Å²) in [7, 11) is 0. The summed E-state index contributed by atoms with van der Waals surface area (Å²) < 4.78 is 13.5. The molecular weight excluding hydrogens is 366 g/mol. The maximum atomic E-state index is 10.4. The molecule has 2 aromatic heterocycles. The molecule has 3 heterocycles. The molecule has 2 aromatic rings. The van der Waals surface area contributed by atoms with E-state index in [0.29, 0.717) is 22.7 Å². The first-order valence-electron chi connectivity index (χ1n) is 8.34. The topological polar surface area (TPSA) is 95.2 Å². The van der Waals surface area contributed by atoms with Crippen molar-refractivity contribution in [3.8, 4) is 0 Å². The fourth-order valence-corrected chi connectivity index (χ4v) is 4.37. The van der Waals surface area contributed by atoms with Crippen molar-refractivity contribution in [2.45, 2.75) is 68.9 Å². The summed E-state index contributed by atoms with van der Waals surface area (Å²) in [5, 5.41) is 19.6. The van der Waals surface area contributed by atoms with Gasteiger partial charge in [0.25, 0.3) is 0 Å². The van der Waals surface area contributed by atoms with E-state index in [0.717, 1.165) is 12.2 Å². The molecule has 1 aliphatic carbocycles. The molecule has 0 spiro atoms. The standard InChI is InChI=1S/C15H20ClN5O3S/c1-4-5-25-14-17-12(16)9-13(18-14)21(20-19-9)7-6-8(22)11-10(7)23-15(2,3)24-11/h7-8,10-11,22H,4-6H2,1-3H3/t7-,8+,10?,11?/m1/s1. The van der Waals surface area contributed by atoms with Gasteiger partial charge in [0, 0.05) is 12.2 Å². The Balaban J connectivity index is 1.73. The number of rotatable bonds is 4. The van der Waals surface area contributed by atoms with Crippen molar-refractivity contribution in [1.29, 1.82) is 0 Å². The minimum atomic E-state index is -0.736. The van der Waals surface area contributed by atoms with Crippen LogP contribution in [0.2, 0.25) is 5.15 Å². The highest BCUT2D eigenvalue weighted by Crippen LogP contribution is 2.44. The number of ether oxygens (including phenoxy) is 2. The Hall–Kier alpha value is -1.00. The smallest absolute Gasteiger partial charge is 0.191 e. The molecule has 0 amide bonds. The minimum Gasteiger partial charge on any atom is -0.390 e. The maximum absolute atomic E-state index is 10.4. The van der Waals surface area contributed by atoms with E-state index in [9.17, 15) is 5.11 Å². The van der Waals surface area contributed by atoms with E-state index in [1.807, 2.05) is 13.8 Å². The Morgan fingerprint density at radius 1 is 1.32 bits per heavy atom.